The molecule has 0 aliphatic carbocycles. The average Bonchev–Trinajstić information content (AvgIpc) is 2.51. The van der Waals surface area contributed by atoms with Crippen LogP contribution in [-0.2, 0) is 11.3 Å². The van der Waals surface area contributed by atoms with E-state index in [0.29, 0.717) is 26.0 Å². The van der Waals surface area contributed by atoms with Gasteiger partial charge in [-0.05, 0) is 36.2 Å². The Balaban J connectivity index is 1.65. The van der Waals surface area contributed by atoms with Crippen LogP contribution < -0.4 is 10.1 Å². The molecule has 2 aromatic rings. The van der Waals surface area contributed by atoms with E-state index in [-0.39, 0.29) is 17.5 Å². The molecule has 0 aliphatic rings. The van der Waals surface area contributed by atoms with Crippen LogP contribution in [0.1, 0.15) is 18.4 Å². The lowest BCUT2D eigenvalue weighted by Crippen LogP contribution is -2.23. The summed E-state index contributed by atoms with van der Waals surface area (Å²) in [7, 11) is 0. The molecular formula is C17H17BrFNO2. The van der Waals surface area contributed by atoms with Gasteiger partial charge in [-0.1, -0.05) is 40.2 Å². The highest BCUT2D eigenvalue weighted by Crippen LogP contribution is 2.15. The lowest BCUT2D eigenvalue weighted by Gasteiger charge is -2.08. The van der Waals surface area contributed by atoms with Crippen LogP contribution in [0.15, 0.2) is 53.0 Å². The number of ether oxygens (including phenoxy) is 1. The molecule has 0 unspecified atom stereocenters. The quantitative estimate of drug-likeness (QED) is 0.751. The highest BCUT2D eigenvalue weighted by Gasteiger charge is 2.04. The molecule has 0 atom stereocenters. The van der Waals surface area contributed by atoms with Crippen molar-refractivity contribution in [3.63, 3.8) is 0 Å². The first-order valence-electron chi connectivity index (χ1n) is 7.03. The summed E-state index contributed by atoms with van der Waals surface area (Å²) in [6, 6.07) is 14.0. The summed E-state index contributed by atoms with van der Waals surface area (Å²) in [5, 5.41) is 2.85. The molecule has 22 heavy (non-hydrogen) atoms. The van der Waals surface area contributed by atoms with Gasteiger partial charge in [-0.25, -0.2) is 4.39 Å². The van der Waals surface area contributed by atoms with Gasteiger partial charge in [0.05, 0.1) is 6.61 Å². The number of rotatable bonds is 7. The Bertz CT molecular complexity index is 634. The van der Waals surface area contributed by atoms with Crippen molar-refractivity contribution in [2.24, 2.45) is 0 Å². The lowest BCUT2D eigenvalue weighted by molar-refractivity contribution is -0.121. The topological polar surface area (TPSA) is 38.3 Å². The second kappa shape index (κ2) is 8.54. The lowest BCUT2D eigenvalue weighted by atomic mass is 10.2. The number of nitrogens with one attached hydrogen (secondary N) is 1. The van der Waals surface area contributed by atoms with E-state index in [1.54, 1.807) is 18.2 Å². The molecule has 0 heterocycles. The number of para-hydroxylation sites is 1. The minimum absolute atomic E-state index is 0.0443. The van der Waals surface area contributed by atoms with Crippen LogP contribution in [0.2, 0.25) is 0 Å². The van der Waals surface area contributed by atoms with Crippen LogP contribution in [0.25, 0.3) is 0 Å². The monoisotopic (exact) mass is 365 g/mol. The third-order valence-electron chi connectivity index (χ3n) is 3.02. The van der Waals surface area contributed by atoms with Gasteiger partial charge < -0.3 is 10.1 Å². The van der Waals surface area contributed by atoms with Gasteiger partial charge in [0.15, 0.2) is 11.6 Å². The smallest absolute Gasteiger partial charge is 0.220 e. The molecule has 0 saturated heterocycles. The normalized spacial score (nSPS) is 10.3. The fourth-order valence-electron chi connectivity index (χ4n) is 1.91. The molecule has 2 aromatic carbocycles. The zero-order valence-corrected chi connectivity index (χ0v) is 13.6. The van der Waals surface area contributed by atoms with Crippen molar-refractivity contribution >= 4 is 21.8 Å². The first kappa shape index (κ1) is 16.5. The maximum atomic E-state index is 13.3. The van der Waals surface area contributed by atoms with E-state index in [0.717, 1.165) is 10.0 Å². The SMILES string of the molecule is O=C(CCCOc1ccccc1F)NCc1cccc(Br)c1. The molecule has 0 radical (unpaired) electrons. The third-order valence-corrected chi connectivity index (χ3v) is 3.51. The predicted molar refractivity (Wildman–Crippen MR) is 87.1 cm³/mol. The van der Waals surface area contributed by atoms with Gasteiger partial charge in [-0.2, -0.15) is 0 Å². The number of hydrogen-bond acceptors (Lipinski definition) is 2. The van der Waals surface area contributed by atoms with Crippen molar-refractivity contribution in [2.75, 3.05) is 6.61 Å². The van der Waals surface area contributed by atoms with Crippen LogP contribution in [0, 0.1) is 5.82 Å². The van der Waals surface area contributed by atoms with Crippen molar-refractivity contribution < 1.29 is 13.9 Å². The van der Waals surface area contributed by atoms with Crippen molar-refractivity contribution in [3.05, 3.63) is 64.4 Å². The van der Waals surface area contributed by atoms with Gasteiger partial charge in [0, 0.05) is 17.4 Å². The summed E-state index contributed by atoms with van der Waals surface area (Å²) in [6.07, 6.45) is 0.890. The largest absolute Gasteiger partial charge is 0.491 e. The third kappa shape index (κ3) is 5.48. The fraction of sp³-hybridized carbons (Fsp3) is 0.235. The second-order valence-corrected chi connectivity index (χ2v) is 5.70. The van der Waals surface area contributed by atoms with E-state index in [9.17, 15) is 9.18 Å². The minimum Gasteiger partial charge on any atom is -0.491 e. The van der Waals surface area contributed by atoms with Gasteiger partial charge in [0.25, 0.3) is 0 Å². The summed E-state index contributed by atoms with van der Waals surface area (Å²) in [4.78, 5) is 11.7. The van der Waals surface area contributed by atoms with Crippen molar-refractivity contribution in [1.82, 2.24) is 5.32 Å². The highest BCUT2D eigenvalue weighted by molar-refractivity contribution is 9.10. The number of hydrogen-bond donors (Lipinski definition) is 1. The van der Waals surface area contributed by atoms with E-state index >= 15 is 0 Å². The van der Waals surface area contributed by atoms with Crippen LogP contribution in [0.3, 0.4) is 0 Å². The number of amides is 1. The average molecular weight is 366 g/mol. The molecule has 3 nitrogen and oxygen atoms in total. The van der Waals surface area contributed by atoms with Gasteiger partial charge in [0.2, 0.25) is 5.91 Å². The Morgan fingerprint density at radius 1 is 1.18 bits per heavy atom. The van der Waals surface area contributed by atoms with E-state index in [2.05, 4.69) is 21.2 Å². The van der Waals surface area contributed by atoms with Gasteiger partial charge in [-0.15, -0.1) is 0 Å². The fourth-order valence-corrected chi connectivity index (χ4v) is 2.36. The Kier molecular flexibility index (Phi) is 6.40. The maximum Gasteiger partial charge on any atom is 0.220 e. The Hall–Kier alpha value is -1.88. The molecule has 2 rings (SSSR count). The van der Waals surface area contributed by atoms with Crippen LogP contribution in [0.4, 0.5) is 4.39 Å². The van der Waals surface area contributed by atoms with Gasteiger partial charge in [-0.3, -0.25) is 4.79 Å². The first-order chi connectivity index (χ1) is 10.6. The molecule has 0 bridgehead atoms. The van der Waals surface area contributed by atoms with Crippen molar-refractivity contribution in [2.45, 2.75) is 19.4 Å². The standard InChI is InChI=1S/C17H17BrFNO2/c18-14-6-3-5-13(11-14)12-20-17(21)9-4-10-22-16-8-2-1-7-15(16)19/h1-3,5-8,11H,4,9-10,12H2,(H,20,21). The molecule has 116 valence electrons. The van der Waals surface area contributed by atoms with Gasteiger partial charge in [0.1, 0.15) is 0 Å². The molecular weight excluding hydrogens is 349 g/mol. The summed E-state index contributed by atoms with van der Waals surface area (Å²) < 4.78 is 19.6. The van der Waals surface area contributed by atoms with E-state index in [4.69, 9.17) is 4.74 Å². The van der Waals surface area contributed by atoms with Crippen LogP contribution in [-0.4, -0.2) is 12.5 Å². The van der Waals surface area contributed by atoms with E-state index in [1.165, 1.54) is 6.07 Å². The number of halogens is 2. The number of benzene rings is 2. The predicted octanol–water partition coefficient (Wildman–Crippen LogP) is 4.06. The van der Waals surface area contributed by atoms with Gasteiger partial charge >= 0.3 is 0 Å². The zero-order chi connectivity index (χ0) is 15.8. The maximum absolute atomic E-state index is 13.3. The molecule has 0 spiro atoms. The molecule has 0 aromatic heterocycles. The second-order valence-electron chi connectivity index (χ2n) is 4.79. The van der Waals surface area contributed by atoms with Crippen LogP contribution in [0.5, 0.6) is 5.75 Å². The molecule has 0 saturated carbocycles. The van der Waals surface area contributed by atoms with Crippen LogP contribution >= 0.6 is 15.9 Å². The van der Waals surface area contributed by atoms with Crippen molar-refractivity contribution in [1.29, 1.82) is 0 Å². The molecule has 1 N–H and O–H groups in total. The Morgan fingerprint density at radius 2 is 2.00 bits per heavy atom. The van der Waals surface area contributed by atoms with Crippen molar-refractivity contribution in [3.8, 4) is 5.75 Å². The number of carbonyl (C=O) groups is 1. The van der Waals surface area contributed by atoms with E-state index in [1.807, 2.05) is 24.3 Å². The van der Waals surface area contributed by atoms with E-state index < -0.39 is 0 Å². The first-order valence-corrected chi connectivity index (χ1v) is 7.83. The zero-order valence-electron chi connectivity index (χ0n) is 12.0. The highest BCUT2D eigenvalue weighted by atomic mass is 79.9. The Labute approximate surface area is 137 Å². The summed E-state index contributed by atoms with van der Waals surface area (Å²) in [5.41, 5.74) is 1.03. The molecule has 5 heteroatoms. The molecule has 1 amide bonds. The number of carbonyl (C=O) groups excluding carboxylic acids is 1. The molecule has 0 fully saturated rings. The molecule has 0 aliphatic heterocycles. The Morgan fingerprint density at radius 3 is 2.77 bits per heavy atom. The summed E-state index contributed by atoms with van der Waals surface area (Å²) in [5.74, 6) is -0.212. The minimum atomic E-state index is -0.387. The summed E-state index contributed by atoms with van der Waals surface area (Å²) in [6.45, 7) is 0.803. The summed E-state index contributed by atoms with van der Waals surface area (Å²) >= 11 is 3.39.